The molecule has 0 aliphatic carbocycles. The van der Waals surface area contributed by atoms with Crippen molar-refractivity contribution in [2.75, 3.05) is 12.8 Å². The Balaban J connectivity index is 2.14. The lowest BCUT2D eigenvalue weighted by atomic mass is 10.3. The van der Waals surface area contributed by atoms with Crippen molar-refractivity contribution in [3.05, 3.63) is 21.7 Å². The zero-order valence-corrected chi connectivity index (χ0v) is 11.9. The van der Waals surface area contributed by atoms with Crippen LogP contribution < -0.4 is 5.32 Å². The van der Waals surface area contributed by atoms with Crippen molar-refractivity contribution in [2.45, 2.75) is 25.1 Å². The van der Waals surface area contributed by atoms with E-state index >= 15 is 0 Å². The van der Waals surface area contributed by atoms with E-state index in [4.69, 9.17) is 4.42 Å². The van der Waals surface area contributed by atoms with Gasteiger partial charge in [-0.2, -0.15) is 0 Å². The minimum atomic E-state index is -0.719. The first kappa shape index (κ1) is 13.2. The highest BCUT2D eigenvalue weighted by molar-refractivity contribution is 14.1. The molecule has 1 aromatic heterocycles. The molecule has 0 saturated heterocycles. The van der Waals surface area contributed by atoms with Gasteiger partial charge < -0.3 is 9.73 Å². The average molecular weight is 341 g/mol. The molecule has 0 bridgehead atoms. The van der Waals surface area contributed by atoms with Crippen LogP contribution in [0.15, 0.2) is 16.5 Å². The Hall–Kier alpha value is 0.120. The lowest BCUT2D eigenvalue weighted by Gasteiger charge is -2.07. The van der Waals surface area contributed by atoms with Crippen molar-refractivity contribution in [3.63, 3.8) is 0 Å². The number of halogens is 1. The molecule has 5 heteroatoms. The number of hydrogen-bond acceptors (Lipinski definition) is 3. The average Bonchev–Trinajstić information content (AvgIpc) is 2.58. The van der Waals surface area contributed by atoms with Crippen LogP contribution in [0.25, 0.3) is 0 Å². The van der Waals surface area contributed by atoms with Crippen LogP contribution in [-0.2, 0) is 17.3 Å². The summed E-state index contributed by atoms with van der Waals surface area (Å²) in [5.41, 5.74) is 0. The molecule has 1 N–H and O–H groups in total. The molecule has 0 spiro atoms. The van der Waals surface area contributed by atoms with E-state index in [1.165, 1.54) is 0 Å². The Bertz CT molecular complexity index is 327. The summed E-state index contributed by atoms with van der Waals surface area (Å²) in [7, 11) is -0.719. The predicted molar refractivity (Wildman–Crippen MR) is 71.3 cm³/mol. The van der Waals surface area contributed by atoms with Gasteiger partial charge >= 0.3 is 0 Å². The predicted octanol–water partition coefficient (Wildman–Crippen LogP) is 2.13. The van der Waals surface area contributed by atoms with Crippen LogP contribution in [0.5, 0.6) is 0 Å². The lowest BCUT2D eigenvalue weighted by Crippen LogP contribution is -2.20. The van der Waals surface area contributed by atoms with Crippen molar-refractivity contribution >= 4 is 33.4 Å². The molecule has 1 aromatic rings. The summed E-state index contributed by atoms with van der Waals surface area (Å²) in [5.74, 6) is 0.949. The third kappa shape index (κ3) is 5.12. The van der Waals surface area contributed by atoms with E-state index < -0.39 is 10.8 Å². The quantitative estimate of drug-likeness (QED) is 0.637. The van der Waals surface area contributed by atoms with Gasteiger partial charge in [-0.05, 0) is 47.7 Å². The van der Waals surface area contributed by atoms with Crippen LogP contribution in [0.3, 0.4) is 0 Å². The summed E-state index contributed by atoms with van der Waals surface area (Å²) in [6.45, 7) is 3.62. The van der Waals surface area contributed by atoms with Gasteiger partial charge in [-0.15, -0.1) is 0 Å². The molecule has 0 fully saturated rings. The van der Waals surface area contributed by atoms with E-state index in [2.05, 4.69) is 27.9 Å². The Morgan fingerprint density at radius 2 is 2.33 bits per heavy atom. The third-order valence-electron chi connectivity index (χ3n) is 2.22. The van der Waals surface area contributed by atoms with E-state index in [1.54, 1.807) is 6.26 Å². The fourth-order valence-electron chi connectivity index (χ4n) is 1.13. The van der Waals surface area contributed by atoms with E-state index in [-0.39, 0.29) is 5.25 Å². The molecule has 15 heavy (non-hydrogen) atoms. The van der Waals surface area contributed by atoms with Crippen molar-refractivity contribution < 1.29 is 8.63 Å². The summed E-state index contributed by atoms with van der Waals surface area (Å²) in [6.07, 6.45) is 2.68. The van der Waals surface area contributed by atoms with Gasteiger partial charge in [0, 0.05) is 22.3 Å². The monoisotopic (exact) mass is 341 g/mol. The van der Waals surface area contributed by atoms with E-state index in [0.717, 1.165) is 29.0 Å². The van der Waals surface area contributed by atoms with Gasteiger partial charge in [-0.25, -0.2) is 0 Å². The first-order valence-corrected chi connectivity index (χ1v) is 7.56. The zero-order chi connectivity index (χ0) is 11.3. The van der Waals surface area contributed by atoms with Gasteiger partial charge in [0.05, 0.1) is 6.54 Å². The molecule has 86 valence electrons. The molecule has 0 amide bonds. The lowest BCUT2D eigenvalue weighted by molar-refractivity contribution is 0.461. The van der Waals surface area contributed by atoms with Crippen LogP contribution in [0.4, 0.5) is 0 Å². The van der Waals surface area contributed by atoms with Crippen molar-refractivity contribution in [1.82, 2.24) is 5.32 Å². The number of furan rings is 1. The topological polar surface area (TPSA) is 42.2 Å². The number of nitrogens with one attached hydrogen (secondary N) is 1. The number of rotatable bonds is 6. The number of hydrogen-bond donors (Lipinski definition) is 1. The molecule has 0 aliphatic rings. The fourth-order valence-corrected chi connectivity index (χ4v) is 2.04. The van der Waals surface area contributed by atoms with Crippen LogP contribution in [-0.4, -0.2) is 22.3 Å². The second-order valence-electron chi connectivity index (χ2n) is 3.48. The van der Waals surface area contributed by atoms with Crippen LogP contribution in [0.2, 0.25) is 0 Å². The Kier molecular flexibility index (Phi) is 5.84. The maximum Gasteiger partial charge on any atom is 0.164 e. The molecule has 0 radical (unpaired) electrons. The third-order valence-corrected chi connectivity index (χ3v) is 4.17. The summed E-state index contributed by atoms with van der Waals surface area (Å²) < 4.78 is 17.4. The van der Waals surface area contributed by atoms with E-state index in [0.29, 0.717) is 0 Å². The molecule has 2 unspecified atom stereocenters. The normalized spacial score (nSPS) is 15.1. The Morgan fingerprint density at radius 3 is 2.87 bits per heavy atom. The van der Waals surface area contributed by atoms with E-state index in [1.807, 2.05) is 19.1 Å². The first-order chi connectivity index (χ1) is 7.09. The highest BCUT2D eigenvalue weighted by Gasteiger charge is 2.05. The highest BCUT2D eigenvalue weighted by Crippen LogP contribution is 2.09. The van der Waals surface area contributed by atoms with Crippen LogP contribution in [0.1, 0.15) is 19.1 Å². The largest absolute Gasteiger partial charge is 0.454 e. The minimum Gasteiger partial charge on any atom is -0.454 e. The first-order valence-electron chi connectivity index (χ1n) is 4.86. The molecule has 1 rings (SSSR count). The molecule has 0 saturated carbocycles. The van der Waals surface area contributed by atoms with Gasteiger partial charge in [0.15, 0.2) is 3.77 Å². The van der Waals surface area contributed by atoms with Gasteiger partial charge in [0.25, 0.3) is 0 Å². The van der Waals surface area contributed by atoms with E-state index in [9.17, 15) is 4.21 Å². The molecule has 3 nitrogen and oxygen atoms in total. The summed E-state index contributed by atoms with van der Waals surface area (Å²) in [6, 6.07) is 3.91. The molecular formula is C10H16INO2S. The molecular weight excluding hydrogens is 325 g/mol. The maximum absolute atomic E-state index is 11.1. The van der Waals surface area contributed by atoms with Crippen LogP contribution >= 0.6 is 22.6 Å². The Labute approximate surface area is 107 Å². The van der Waals surface area contributed by atoms with Gasteiger partial charge in [-0.3, -0.25) is 4.21 Å². The molecule has 0 aliphatic heterocycles. The van der Waals surface area contributed by atoms with Crippen molar-refractivity contribution in [1.29, 1.82) is 0 Å². The Morgan fingerprint density at radius 1 is 1.60 bits per heavy atom. The molecule has 0 aromatic carbocycles. The van der Waals surface area contributed by atoms with Crippen molar-refractivity contribution in [3.8, 4) is 0 Å². The summed E-state index contributed by atoms with van der Waals surface area (Å²) >= 11 is 2.15. The zero-order valence-electron chi connectivity index (χ0n) is 8.96. The van der Waals surface area contributed by atoms with Gasteiger partial charge in [-0.1, -0.05) is 6.92 Å². The fraction of sp³-hybridized carbons (Fsp3) is 0.600. The molecule has 1 heterocycles. The van der Waals surface area contributed by atoms with Gasteiger partial charge in [0.2, 0.25) is 0 Å². The maximum atomic E-state index is 11.1. The summed E-state index contributed by atoms with van der Waals surface area (Å²) in [5, 5.41) is 3.53. The second-order valence-corrected chi connectivity index (χ2v) is 6.35. The standard InChI is InChI=1S/C10H16INO2S/c1-8(15(2)13)5-6-12-7-9-3-4-10(11)14-9/h3-4,8,12H,5-7H2,1-2H3. The molecule has 2 atom stereocenters. The summed E-state index contributed by atoms with van der Waals surface area (Å²) in [4.78, 5) is 0. The van der Waals surface area contributed by atoms with Gasteiger partial charge in [0.1, 0.15) is 5.76 Å². The van der Waals surface area contributed by atoms with Crippen LogP contribution in [0, 0.1) is 3.77 Å². The smallest absolute Gasteiger partial charge is 0.164 e. The second kappa shape index (κ2) is 6.65. The highest BCUT2D eigenvalue weighted by atomic mass is 127. The van der Waals surface area contributed by atoms with Crippen molar-refractivity contribution in [2.24, 2.45) is 0 Å². The minimum absolute atomic E-state index is 0.259. The SMILES string of the molecule is CC(CCNCc1ccc(I)o1)S(C)=O.